The van der Waals surface area contributed by atoms with Crippen LogP contribution in [0.5, 0.6) is 0 Å². The van der Waals surface area contributed by atoms with Gasteiger partial charge in [0.05, 0.1) is 12.9 Å². The minimum absolute atomic E-state index is 0.285. The number of rotatable bonds is 8. The van der Waals surface area contributed by atoms with Crippen LogP contribution in [0, 0.1) is 13.8 Å². The average molecular weight is 464 g/mol. The predicted molar refractivity (Wildman–Crippen MR) is 119 cm³/mol. The molecule has 0 fully saturated rings. The van der Waals surface area contributed by atoms with Crippen molar-refractivity contribution in [2.45, 2.75) is 48.5 Å². The Balaban J connectivity index is 1.93. The minimum Gasteiger partial charge on any atom is -0.468 e. The number of aromatic nitrogens is 5. The van der Waals surface area contributed by atoms with Crippen LogP contribution in [0.25, 0.3) is 5.69 Å². The van der Waals surface area contributed by atoms with Crippen LogP contribution in [-0.4, -0.2) is 43.1 Å². The first-order valence-electron chi connectivity index (χ1n) is 9.31. The number of aryl methyl sites for hydroxylation is 2. The van der Waals surface area contributed by atoms with Crippen molar-refractivity contribution in [1.82, 2.24) is 24.7 Å². The van der Waals surface area contributed by atoms with Crippen LogP contribution < -0.4 is 0 Å². The van der Waals surface area contributed by atoms with Gasteiger partial charge in [0.25, 0.3) is 0 Å². The molecular weight excluding hydrogens is 442 g/mol. The Bertz CT molecular complexity index is 1010. The summed E-state index contributed by atoms with van der Waals surface area (Å²) < 4.78 is 6.85. The molecule has 0 amide bonds. The summed E-state index contributed by atoms with van der Waals surface area (Å²) in [5.41, 5.74) is 2.71. The number of nitrogens with zero attached hydrogens (tertiary/aromatic N) is 5. The maximum atomic E-state index is 12.1. The zero-order valence-electron chi connectivity index (χ0n) is 17.1. The lowest BCUT2D eigenvalue weighted by Crippen LogP contribution is -2.18. The van der Waals surface area contributed by atoms with Gasteiger partial charge < -0.3 is 4.74 Å². The summed E-state index contributed by atoms with van der Waals surface area (Å²) >= 11 is 8.89. The van der Waals surface area contributed by atoms with E-state index in [1.807, 2.05) is 55.7 Å². The van der Waals surface area contributed by atoms with Gasteiger partial charge in [0.2, 0.25) is 0 Å². The number of hydrogen-bond acceptors (Lipinski definition) is 8. The number of hydrogen-bond donors (Lipinski definition) is 0. The van der Waals surface area contributed by atoms with Gasteiger partial charge in [-0.05, 0) is 50.6 Å². The quantitative estimate of drug-likeness (QED) is 0.271. The van der Waals surface area contributed by atoms with Crippen molar-refractivity contribution in [3.63, 3.8) is 0 Å². The van der Waals surface area contributed by atoms with Gasteiger partial charge in [-0.2, -0.15) is 0 Å². The molecule has 7 nitrogen and oxygen atoms in total. The molecule has 1 atom stereocenters. The highest BCUT2D eigenvalue weighted by atomic mass is 35.5. The molecule has 0 N–H and O–H groups in total. The Kier molecular flexibility index (Phi) is 7.74. The van der Waals surface area contributed by atoms with Crippen molar-refractivity contribution < 1.29 is 9.53 Å². The van der Waals surface area contributed by atoms with E-state index in [4.69, 9.17) is 16.3 Å². The summed E-state index contributed by atoms with van der Waals surface area (Å²) in [5, 5.41) is 10.3. The highest BCUT2D eigenvalue weighted by Gasteiger charge is 2.24. The summed E-state index contributed by atoms with van der Waals surface area (Å²) in [5.74, 6) is 0.966. The zero-order valence-corrected chi connectivity index (χ0v) is 19.5. The Hall–Kier alpha value is -2.10. The summed E-state index contributed by atoms with van der Waals surface area (Å²) in [4.78, 5) is 21.0. The Morgan fingerprint density at radius 2 is 1.83 bits per heavy atom. The van der Waals surface area contributed by atoms with E-state index >= 15 is 0 Å². The summed E-state index contributed by atoms with van der Waals surface area (Å²) in [7, 11) is 1.39. The lowest BCUT2D eigenvalue weighted by molar-refractivity contribution is -0.140. The Morgan fingerprint density at radius 3 is 2.43 bits per heavy atom. The van der Waals surface area contributed by atoms with Crippen LogP contribution in [0.15, 0.2) is 40.6 Å². The Morgan fingerprint density at radius 1 is 1.17 bits per heavy atom. The number of carbonyl (C=O) groups excluding carboxylic acids is 1. The zero-order chi connectivity index (χ0) is 21.7. The van der Waals surface area contributed by atoms with Crippen LogP contribution in [0.1, 0.15) is 30.6 Å². The van der Waals surface area contributed by atoms with Gasteiger partial charge in [-0.1, -0.05) is 42.0 Å². The SMILES string of the molecule is CC[C@@H](Sc1nnc(CSc2nc(C)cc(C)n2)n1-c1ccc(Cl)cc1)C(=O)OC. The minimum atomic E-state index is -0.367. The molecule has 0 saturated carbocycles. The highest BCUT2D eigenvalue weighted by molar-refractivity contribution is 8.00. The van der Waals surface area contributed by atoms with E-state index in [2.05, 4.69) is 20.2 Å². The molecule has 0 aliphatic carbocycles. The first-order chi connectivity index (χ1) is 14.4. The summed E-state index contributed by atoms with van der Waals surface area (Å²) in [6.45, 7) is 5.83. The number of ether oxygens (including phenoxy) is 1. The maximum absolute atomic E-state index is 12.1. The van der Waals surface area contributed by atoms with Crippen molar-refractivity contribution in [2.75, 3.05) is 7.11 Å². The van der Waals surface area contributed by atoms with Crippen molar-refractivity contribution >= 4 is 41.1 Å². The second-order valence-electron chi connectivity index (χ2n) is 6.47. The summed E-state index contributed by atoms with van der Waals surface area (Å²) in [6.07, 6.45) is 0.616. The fourth-order valence-corrected chi connectivity index (χ4v) is 4.77. The number of esters is 1. The van der Waals surface area contributed by atoms with Crippen LogP contribution in [-0.2, 0) is 15.3 Å². The highest BCUT2D eigenvalue weighted by Crippen LogP contribution is 2.30. The second kappa shape index (κ2) is 10.3. The molecule has 10 heteroatoms. The van der Waals surface area contributed by atoms with Gasteiger partial charge in [0, 0.05) is 22.1 Å². The lowest BCUT2D eigenvalue weighted by atomic mass is 10.3. The first kappa shape index (κ1) is 22.6. The molecule has 158 valence electrons. The molecule has 3 rings (SSSR count). The van der Waals surface area contributed by atoms with E-state index in [1.54, 1.807) is 0 Å². The van der Waals surface area contributed by atoms with E-state index in [0.29, 0.717) is 27.5 Å². The standard InChI is InChI=1S/C20H22ClN5O2S2/c1-5-16(18(27)28-4)30-20-25-24-17(26(20)15-8-6-14(21)7-9-15)11-29-19-22-12(2)10-13(3)23-19/h6-10,16H,5,11H2,1-4H3/t16-/m1/s1. The van der Waals surface area contributed by atoms with Crippen molar-refractivity contribution in [2.24, 2.45) is 0 Å². The summed E-state index contributed by atoms with van der Waals surface area (Å²) in [6, 6.07) is 9.36. The molecule has 2 aromatic heterocycles. The van der Waals surface area contributed by atoms with E-state index in [0.717, 1.165) is 22.9 Å². The largest absolute Gasteiger partial charge is 0.468 e. The smallest absolute Gasteiger partial charge is 0.319 e. The molecule has 0 spiro atoms. The van der Waals surface area contributed by atoms with Crippen LogP contribution in [0.3, 0.4) is 0 Å². The lowest BCUT2D eigenvalue weighted by Gasteiger charge is -2.14. The van der Waals surface area contributed by atoms with Gasteiger partial charge in [-0.25, -0.2) is 9.97 Å². The van der Waals surface area contributed by atoms with Gasteiger partial charge in [0.15, 0.2) is 10.3 Å². The third kappa shape index (κ3) is 5.53. The number of carbonyl (C=O) groups is 1. The van der Waals surface area contributed by atoms with Crippen molar-refractivity contribution in [3.8, 4) is 5.69 Å². The van der Waals surface area contributed by atoms with Gasteiger partial charge >= 0.3 is 5.97 Å². The van der Waals surface area contributed by atoms with E-state index in [-0.39, 0.29) is 11.2 Å². The molecule has 0 bridgehead atoms. The molecule has 3 aromatic rings. The molecule has 0 unspecified atom stereocenters. The first-order valence-corrected chi connectivity index (χ1v) is 11.6. The molecule has 0 aliphatic heterocycles. The molecule has 30 heavy (non-hydrogen) atoms. The van der Waals surface area contributed by atoms with Gasteiger partial charge in [-0.3, -0.25) is 9.36 Å². The van der Waals surface area contributed by atoms with E-state index in [1.165, 1.54) is 30.6 Å². The molecule has 0 radical (unpaired) electrons. The molecule has 1 aromatic carbocycles. The predicted octanol–water partition coefficient (Wildman–Crippen LogP) is 4.66. The molecule has 0 saturated heterocycles. The fraction of sp³-hybridized carbons (Fsp3) is 0.350. The average Bonchev–Trinajstić information content (AvgIpc) is 3.12. The third-order valence-corrected chi connectivity index (χ3v) is 6.54. The van der Waals surface area contributed by atoms with Crippen molar-refractivity contribution in [1.29, 1.82) is 0 Å². The van der Waals surface area contributed by atoms with E-state index in [9.17, 15) is 4.79 Å². The molecule has 2 heterocycles. The van der Waals surface area contributed by atoms with Gasteiger partial charge in [0.1, 0.15) is 11.1 Å². The van der Waals surface area contributed by atoms with Crippen LogP contribution >= 0.6 is 35.1 Å². The maximum Gasteiger partial charge on any atom is 0.319 e. The number of methoxy groups -OCH3 is 1. The number of benzene rings is 1. The van der Waals surface area contributed by atoms with Crippen LogP contribution in [0.4, 0.5) is 0 Å². The second-order valence-corrected chi connectivity index (χ2v) is 9.02. The van der Waals surface area contributed by atoms with Crippen molar-refractivity contribution in [3.05, 3.63) is 52.6 Å². The normalized spacial score (nSPS) is 12.0. The monoisotopic (exact) mass is 463 g/mol. The van der Waals surface area contributed by atoms with Gasteiger partial charge in [-0.15, -0.1) is 10.2 Å². The number of halogens is 1. The molecule has 0 aliphatic rings. The topological polar surface area (TPSA) is 82.8 Å². The van der Waals surface area contributed by atoms with Crippen LogP contribution in [0.2, 0.25) is 5.02 Å². The third-order valence-electron chi connectivity index (χ3n) is 4.16. The number of thioether (sulfide) groups is 2. The fourth-order valence-electron chi connectivity index (χ4n) is 2.76. The molecular formula is C20H22ClN5O2S2. The Labute approximate surface area is 189 Å². The van der Waals surface area contributed by atoms with E-state index < -0.39 is 0 Å².